The fraction of sp³-hybridized carbons (Fsp3) is 0.368. The molecule has 4 heteroatoms. The van der Waals surface area contributed by atoms with E-state index in [0.717, 1.165) is 22.5 Å². The number of alkyl halides is 1. The molecule has 0 bridgehead atoms. The number of hydrogen-bond acceptors (Lipinski definition) is 3. The average Bonchev–Trinajstić information content (AvgIpc) is 2.46. The van der Waals surface area contributed by atoms with E-state index in [4.69, 9.17) is 4.99 Å². The number of aryl methyl sites for hydroxylation is 2. The van der Waals surface area contributed by atoms with Crippen molar-refractivity contribution < 1.29 is 0 Å². The summed E-state index contributed by atoms with van der Waals surface area (Å²) in [7, 11) is 0. The molecule has 0 saturated heterocycles. The third kappa shape index (κ3) is 3.13. The van der Waals surface area contributed by atoms with Crippen LogP contribution in [0.15, 0.2) is 35.5 Å². The number of hydrogen-bond donors (Lipinski definition) is 1. The first-order valence-corrected chi connectivity index (χ1v) is 9.12. The lowest BCUT2D eigenvalue weighted by atomic mass is 9.94. The molecule has 1 aromatic heterocycles. The van der Waals surface area contributed by atoms with Gasteiger partial charge in [-0.2, -0.15) is 0 Å². The number of rotatable bonds is 2. The summed E-state index contributed by atoms with van der Waals surface area (Å²) in [4.78, 5) is 9.63. The van der Waals surface area contributed by atoms with E-state index in [1.807, 2.05) is 6.20 Å². The number of pyridine rings is 1. The fourth-order valence-corrected chi connectivity index (χ4v) is 3.71. The van der Waals surface area contributed by atoms with Crippen molar-refractivity contribution in [2.45, 2.75) is 44.2 Å². The molecule has 0 spiro atoms. The quantitative estimate of drug-likeness (QED) is 0.537. The fourth-order valence-electron chi connectivity index (χ4n) is 3.06. The molecule has 23 heavy (non-hydrogen) atoms. The van der Waals surface area contributed by atoms with E-state index in [1.54, 1.807) is 0 Å². The average molecular weight is 419 g/mol. The second kappa shape index (κ2) is 5.89. The molecule has 120 valence electrons. The van der Waals surface area contributed by atoms with Gasteiger partial charge in [0, 0.05) is 23.0 Å². The Labute approximate surface area is 151 Å². The Bertz CT molecular complexity index is 791. The minimum atomic E-state index is -0.322. The van der Waals surface area contributed by atoms with Crippen LogP contribution in [0.2, 0.25) is 0 Å². The molecule has 1 aromatic carbocycles. The minimum Gasteiger partial charge on any atom is -0.361 e. The highest BCUT2D eigenvalue weighted by atomic mass is 127. The van der Waals surface area contributed by atoms with Gasteiger partial charge in [-0.1, -0.05) is 40.8 Å². The van der Waals surface area contributed by atoms with Crippen LogP contribution in [0.25, 0.3) is 0 Å². The maximum absolute atomic E-state index is 4.95. The van der Waals surface area contributed by atoms with E-state index in [9.17, 15) is 0 Å². The highest BCUT2D eigenvalue weighted by Crippen LogP contribution is 2.33. The summed E-state index contributed by atoms with van der Waals surface area (Å²) in [5.74, 6) is 0. The maximum atomic E-state index is 4.95. The van der Waals surface area contributed by atoms with Crippen LogP contribution in [0.5, 0.6) is 0 Å². The number of nitrogens with zero attached hydrogens (tertiary/aromatic N) is 2. The second-order valence-corrected chi connectivity index (χ2v) is 8.55. The molecule has 0 amide bonds. The largest absolute Gasteiger partial charge is 0.361 e. The molecule has 1 aliphatic heterocycles. The van der Waals surface area contributed by atoms with Gasteiger partial charge in [-0.15, -0.1) is 0 Å². The predicted octanol–water partition coefficient (Wildman–Crippen LogP) is 5.19. The number of aromatic nitrogens is 1. The van der Waals surface area contributed by atoms with E-state index < -0.39 is 0 Å². The first-order valence-electron chi connectivity index (χ1n) is 7.87. The van der Waals surface area contributed by atoms with E-state index in [0.29, 0.717) is 3.92 Å². The first-order chi connectivity index (χ1) is 10.8. The Morgan fingerprint density at radius 2 is 1.91 bits per heavy atom. The zero-order valence-electron chi connectivity index (χ0n) is 14.2. The maximum Gasteiger partial charge on any atom is 0.124 e. The lowest BCUT2D eigenvalue weighted by Gasteiger charge is -2.32. The van der Waals surface area contributed by atoms with Crippen molar-refractivity contribution in [1.82, 2.24) is 4.98 Å². The molecule has 0 saturated carbocycles. The molecule has 0 aliphatic carbocycles. The number of anilines is 1. The lowest BCUT2D eigenvalue weighted by Crippen LogP contribution is -2.35. The monoisotopic (exact) mass is 419 g/mol. The smallest absolute Gasteiger partial charge is 0.124 e. The van der Waals surface area contributed by atoms with Crippen molar-refractivity contribution in [2.75, 3.05) is 5.32 Å². The molecule has 2 aromatic rings. The molecule has 1 N–H and O–H groups in total. The third-order valence-corrected chi connectivity index (χ3v) is 4.71. The molecular weight excluding hydrogens is 397 g/mol. The van der Waals surface area contributed by atoms with E-state index in [2.05, 4.69) is 91.8 Å². The van der Waals surface area contributed by atoms with Crippen LogP contribution in [0.1, 0.15) is 52.6 Å². The van der Waals surface area contributed by atoms with Gasteiger partial charge in [-0.25, -0.2) is 0 Å². The van der Waals surface area contributed by atoms with E-state index >= 15 is 0 Å². The highest BCUT2D eigenvalue weighted by Gasteiger charge is 2.27. The van der Waals surface area contributed by atoms with Crippen LogP contribution in [0, 0.1) is 13.8 Å². The summed E-state index contributed by atoms with van der Waals surface area (Å²) < 4.78 is 0.405. The summed E-state index contributed by atoms with van der Waals surface area (Å²) in [5.41, 5.74) is 7.72. The normalized spacial score (nSPS) is 17.0. The molecule has 1 atom stereocenters. The van der Waals surface area contributed by atoms with Crippen LogP contribution in [0.3, 0.4) is 0 Å². The Balaban J connectivity index is 2.17. The summed E-state index contributed by atoms with van der Waals surface area (Å²) in [5, 5.41) is 3.54. The molecule has 1 unspecified atom stereocenters. The Kier molecular flexibility index (Phi) is 4.21. The van der Waals surface area contributed by atoms with Crippen LogP contribution >= 0.6 is 22.6 Å². The molecule has 2 heterocycles. The second-order valence-electron chi connectivity index (χ2n) is 6.68. The topological polar surface area (TPSA) is 37.3 Å². The molecule has 3 rings (SSSR count). The zero-order valence-corrected chi connectivity index (χ0v) is 16.4. The van der Waals surface area contributed by atoms with Gasteiger partial charge in [-0.3, -0.25) is 9.98 Å². The summed E-state index contributed by atoms with van der Waals surface area (Å²) >= 11 is 2.41. The molecule has 1 aliphatic rings. The van der Waals surface area contributed by atoms with Gasteiger partial charge in [0.1, 0.15) is 5.66 Å². The highest BCUT2D eigenvalue weighted by molar-refractivity contribution is 14.1. The van der Waals surface area contributed by atoms with Crippen molar-refractivity contribution in [3.63, 3.8) is 0 Å². The minimum absolute atomic E-state index is 0.322. The Hall–Kier alpha value is -1.43. The summed E-state index contributed by atoms with van der Waals surface area (Å²) in [6, 6.07) is 8.57. The lowest BCUT2D eigenvalue weighted by molar-refractivity contribution is 0.596. The molecule has 0 fully saturated rings. The van der Waals surface area contributed by atoms with Crippen molar-refractivity contribution in [3.8, 4) is 0 Å². The molecule has 3 nitrogen and oxygen atoms in total. The van der Waals surface area contributed by atoms with Gasteiger partial charge in [0.2, 0.25) is 0 Å². The number of benzene rings is 1. The first kappa shape index (κ1) is 16.4. The van der Waals surface area contributed by atoms with E-state index in [-0.39, 0.29) is 5.66 Å². The van der Waals surface area contributed by atoms with Gasteiger partial charge in [0.25, 0.3) is 0 Å². The van der Waals surface area contributed by atoms with Crippen molar-refractivity contribution >= 4 is 34.0 Å². The van der Waals surface area contributed by atoms with Gasteiger partial charge < -0.3 is 5.32 Å². The number of fused-ring (bicyclic) bond motifs is 1. The molecule has 0 radical (unpaired) electrons. The van der Waals surface area contributed by atoms with Gasteiger partial charge in [0.05, 0.1) is 15.3 Å². The zero-order chi connectivity index (χ0) is 16.8. The van der Waals surface area contributed by atoms with Gasteiger partial charge in [0.15, 0.2) is 0 Å². The molecular formula is C19H22IN3. The van der Waals surface area contributed by atoms with Crippen molar-refractivity contribution in [2.24, 2.45) is 4.99 Å². The number of halogens is 1. The van der Waals surface area contributed by atoms with Crippen molar-refractivity contribution in [1.29, 1.82) is 0 Å². The van der Waals surface area contributed by atoms with Crippen LogP contribution < -0.4 is 5.32 Å². The number of aliphatic imine (C=N–C) groups is 1. The Morgan fingerprint density at radius 1 is 1.17 bits per heavy atom. The van der Waals surface area contributed by atoms with Crippen LogP contribution in [-0.4, -0.2) is 16.4 Å². The predicted molar refractivity (Wildman–Crippen MR) is 106 cm³/mol. The SMILES string of the molecule is Cc1cc(C2=NC(C)(C)Nc3c(C)cccc32)cnc1C(C)I. The number of nitrogens with one attached hydrogen (secondary N) is 1. The van der Waals surface area contributed by atoms with Crippen molar-refractivity contribution in [3.05, 3.63) is 58.4 Å². The number of para-hydroxylation sites is 1. The Morgan fingerprint density at radius 3 is 2.57 bits per heavy atom. The standard InChI is InChI=1S/C19H22IN3/c1-11-7-6-8-15-17(11)22-19(4,5)23-18(15)14-9-12(2)16(13(3)20)21-10-14/h6-10,13,22H,1-5H3. The van der Waals surface area contributed by atoms with Gasteiger partial charge in [-0.05, 0) is 51.8 Å². The van der Waals surface area contributed by atoms with E-state index in [1.165, 1.54) is 16.8 Å². The van der Waals surface area contributed by atoms with Gasteiger partial charge >= 0.3 is 0 Å². The van der Waals surface area contributed by atoms with Crippen LogP contribution in [0.4, 0.5) is 5.69 Å². The summed E-state index contributed by atoms with van der Waals surface area (Å²) in [6.45, 7) is 10.6. The summed E-state index contributed by atoms with van der Waals surface area (Å²) in [6.07, 6.45) is 1.96. The van der Waals surface area contributed by atoms with Crippen LogP contribution in [-0.2, 0) is 0 Å². The third-order valence-electron chi connectivity index (χ3n) is 4.12.